The quantitative estimate of drug-likeness (QED) is 0.708. The van der Waals surface area contributed by atoms with E-state index in [4.69, 9.17) is 4.74 Å². The maximum atomic E-state index is 12.9. The predicted octanol–water partition coefficient (Wildman–Crippen LogP) is 4.20. The van der Waals surface area contributed by atoms with E-state index >= 15 is 0 Å². The molecule has 1 N–H and O–H groups in total. The molecule has 5 heteroatoms. The summed E-state index contributed by atoms with van der Waals surface area (Å²) in [5.74, 6) is -1.44. The molecular weight excluding hydrogens is 345 g/mol. The van der Waals surface area contributed by atoms with Crippen LogP contribution in [0.2, 0.25) is 0 Å². The Hall–Kier alpha value is -2.69. The van der Waals surface area contributed by atoms with Gasteiger partial charge in [-0.3, -0.25) is 9.59 Å². The van der Waals surface area contributed by atoms with E-state index < -0.39 is 18.0 Å². The highest BCUT2D eigenvalue weighted by Gasteiger charge is 2.30. The van der Waals surface area contributed by atoms with Gasteiger partial charge in [-0.1, -0.05) is 62.7 Å². The zero-order valence-corrected chi connectivity index (χ0v) is 15.9. The average Bonchev–Trinajstić information content (AvgIpc) is 2.68. The van der Waals surface area contributed by atoms with Crippen LogP contribution in [0.4, 0.5) is 4.39 Å². The molecule has 0 unspecified atom stereocenters. The van der Waals surface area contributed by atoms with Gasteiger partial charge in [-0.05, 0) is 36.1 Å². The SMILES string of the molecule is CC[C@H](C)[C@H](C(=O)O[C@@H](C)C(=O)NCc1ccc(F)cc1)c1ccccc1. The molecule has 2 rings (SSSR count). The van der Waals surface area contributed by atoms with Gasteiger partial charge in [-0.25, -0.2) is 4.39 Å². The van der Waals surface area contributed by atoms with E-state index in [2.05, 4.69) is 5.32 Å². The Morgan fingerprint density at radius 1 is 1.04 bits per heavy atom. The van der Waals surface area contributed by atoms with Crippen molar-refractivity contribution in [1.82, 2.24) is 5.32 Å². The molecular formula is C22H26FNO3. The summed E-state index contributed by atoms with van der Waals surface area (Å²) < 4.78 is 18.4. The number of rotatable bonds is 8. The largest absolute Gasteiger partial charge is 0.452 e. The van der Waals surface area contributed by atoms with Crippen LogP contribution in [0, 0.1) is 11.7 Å². The maximum Gasteiger partial charge on any atom is 0.314 e. The number of esters is 1. The maximum absolute atomic E-state index is 12.9. The highest BCUT2D eigenvalue weighted by Crippen LogP contribution is 2.28. The fraction of sp³-hybridized carbons (Fsp3) is 0.364. The van der Waals surface area contributed by atoms with Crippen LogP contribution in [0.5, 0.6) is 0 Å². The third-order valence-electron chi connectivity index (χ3n) is 4.67. The van der Waals surface area contributed by atoms with Crippen molar-refractivity contribution in [2.45, 2.75) is 45.8 Å². The minimum absolute atomic E-state index is 0.0920. The Labute approximate surface area is 159 Å². The summed E-state index contributed by atoms with van der Waals surface area (Å²) in [6.45, 7) is 5.82. The van der Waals surface area contributed by atoms with E-state index in [0.717, 1.165) is 17.5 Å². The van der Waals surface area contributed by atoms with Crippen LogP contribution in [-0.2, 0) is 20.9 Å². The molecule has 1 amide bonds. The van der Waals surface area contributed by atoms with E-state index in [1.165, 1.54) is 12.1 Å². The second kappa shape index (κ2) is 9.86. The van der Waals surface area contributed by atoms with Crippen molar-refractivity contribution in [3.05, 3.63) is 71.5 Å². The van der Waals surface area contributed by atoms with Crippen LogP contribution >= 0.6 is 0 Å². The fourth-order valence-corrected chi connectivity index (χ4v) is 2.83. The minimum Gasteiger partial charge on any atom is -0.452 e. The molecule has 4 nitrogen and oxygen atoms in total. The molecule has 27 heavy (non-hydrogen) atoms. The van der Waals surface area contributed by atoms with E-state index in [1.54, 1.807) is 19.1 Å². The number of carbonyl (C=O) groups is 2. The number of amides is 1. The topological polar surface area (TPSA) is 55.4 Å². The lowest BCUT2D eigenvalue weighted by Gasteiger charge is -2.23. The van der Waals surface area contributed by atoms with Crippen molar-refractivity contribution in [1.29, 1.82) is 0 Å². The normalized spacial score (nSPS) is 14.1. The van der Waals surface area contributed by atoms with Gasteiger partial charge in [0.25, 0.3) is 5.91 Å². The molecule has 0 aliphatic rings. The van der Waals surface area contributed by atoms with Crippen molar-refractivity contribution >= 4 is 11.9 Å². The highest BCUT2D eigenvalue weighted by atomic mass is 19.1. The second-order valence-corrected chi connectivity index (χ2v) is 6.70. The molecule has 3 atom stereocenters. The summed E-state index contributed by atoms with van der Waals surface area (Å²) in [4.78, 5) is 25.0. The van der Waals surface area contributed by atoms with Crippen molar-refractivity contribution in [3.63, 3.8) is 0 Å². The van der Waals surface area contributed by atoms with Crippen LogP contribution in [0.1, 0.15) is 44.2 Å². The zero-order chi connectivity index (χ0) is 19.8. The Bertz CT molecular complexity index is 746. The molecule has 0 heterocycles. The smallest absolute Gasteiger partial charge is 0.314 e. The van der Waals surface area contributed by atoms with E-state index in [0.29, 0.717) is 0 Å². The Morgan fingerprint density at radius 3 is 2.26 bits per heavy atom. The summed E-state index contributed by atoms with van der Waals surface area (Å²) in [6, 6.07) is 15.3. The van der Waals surface area contributed by atoms with E-state index in [1.807, 2.05) is 44.2 Å². The minimum atomic E-state index is -0.909. The first-order chi connectivity index (χ1) is 12.9. The standard InChI is InChI=1S/C22H26FNO3/c1-4-15(2)20(18-8-6-5-7-9-18)22(26)27-16(3)21(25)24-14-17-10-12-19(23)13-11-17/h5-13,15-16,20H,4,14H2,1-3H3,(H,24,25)/t15-,16-,20-/m0/s1. The van der Waals surface area contributed by atoms with Crippen LogP contribution in [0.25, 0.3) is 0 Å². The molecule has 144 valence electrons. The first-order valence-electron chi connectivity index (χ1n) is 9.20. The molecule has 0 aliphatic carbocycles. The van der Waals surface area contributed by atoms with Crippen LogP contribution < -0.4 is 5.32 Å². The number of ether oxygens (including phenoxy) is 1. The second-order valence-electron chi connectivity index (χ2n) is 6.70. The Balaban J connectivity index is 1.97. The summed E-state index contributed by atoms with van der Waals surface area (Å²) in [5, 5.41) is 2.71. The molecule has 0 saturated carbocycles. The van der Waals surface area contributed by atoms with Gasteiger partial charge in [0.15, 0.2) is 6.10 Å². The first kappa shape index (κ1) is 20.6. The molecule has 0 aromatic heterocycles. The number of halogens is 1. The lowest BCUT2D eigenvalue weighted by Crippen LogP contribution is -2.37. The number of hydrogen-bond acceptors (Lipinski definition) is 3. The van der Waals surface area contributed by atoms with Gasteiger partial charge in [-0.2, -0.15) is 0 Å². The van der Waals surface area contributed by atoms with Gasteiger partial charge >= 0.3 is 5.97 Å². The van der Waals surface area contributed by atoms with Gasteiger partial charge in [0, 0.05) is 6.54 Å². The van der Waals surface area contributed by atoms with Gasteiger partial charge in [0.2, 0.25) is 0 Å². The summed E-state index contributed by atoms with van der Waals surface area (Å²) in [5.41, 5.74) is 1.65. The number of carbonyl (C=O) groups excluding carboxylic acids is 2. The molecule has 0 aliphatic heterocycles. The predicted molar refractivity (Wildman–Crippen MR) is 102 cm³/mol. The van der Waals surface area contributed by atoms with Crippen molar-refractivity contribution in [2.75, 3.05) is 0 Å². The Kier molecular flexibility index (Phi) is 7.53. The van der Waals surface area contributed by atoms with Crippen molar-refractivity contribution < 1.29 is 18.7 Å². The van der Waals surface area contributed by atoms with Gasteiger partial charge < -0.3 is 10.1 Å². The summed E-state index contributed by atoms with van der Waals surface area (Å²) in [6.07, 6.45) is -0.0898. The summed E-state index contributed by atoms with van der Waals surface area (Å²) >= 11 is 0. The average molecular weight is 371 g/mol. The van der Waals surface area contributed by atoms with Gasteiger partial charge in [0.05, 0.1) is 5.92 Å². The van der Waals surface area contributed by atoms with Crippen LogP contribution in [0.15, 0.2) is 54.6 Å². The molecule has 0 radical (unpaired) electrons. The lowest BCUT2D eigenvalue weighted by molar-refractivity contribution is -0.157. The van der Waals surface area contributed by atoms with E-state index in [9.17, 15) is 14.0 Å². The van der Waals surface area contributed by atoms with E-state index in [-0.39, 0.29) is 24.2 Å². The third kappa shape index (κ3) is 5.91. The number of nitrogens with one attached hydrogen (secondary N) is 1. The summed E-state index contributed by atoms with van der Waals surface area (Å²) in [7, 11) is 0. The molecule has 0 spiro atoms. The molecule has 0 saturated heterocycles. The van der Waals surface area contributed by atoms with Gasteiger partial charge in [-0.15, -0.1) is 0 Å². The fourth-order valence-electron chi connectivity index (χ4n) is 2.83. The number of benzene rings is 2. The molecule has 2 aromatic rings. The highest BCUT2D eigenvalue weighted by molar-refractivity contribution is 5.85. The third-order valence-corrected chi connectivity index (χ3v) is 4.67. The molecule has 0 bridgehead atoms. The zero-order valence-electron chi connectivity index (χ0n) is 15.9. The van der Waals surface area contributed by atoms with Crippen molar-refractivity contribution in [2.24, 2.45) is 5.92 Å². The van der Waals surface area contributed by atoms with Crippen molar-refractivity contribution in [3.8, 4) is 0 Å². The lowest BCUT2D eigenvalue weighted by atomic mass is 9.85. The monoisotopic (exact) mass is 371 g/mol. The van der Waals surface area contributed by atoms with Crippen LogP contribution in [0.3, 0.4) is 0 Å². The first-order valence-corrected chi connectivity index (χ1v) is 9.20. The molecule has 0 fully saturated rings. The van der Waals surface area contributed by atoms with Crippen LogP contribution in [-0.4, -0.2) is 18.0 Å². The Morgan fingerprint density at radius 2 is 1.67 bits per heavy atom. The molecule has 2 aromatic carbocycles. The van der Waals surface area contributed by atoms with Gasteiger partial charge in [0.1, 0.15) is 5.82 Å². The number of hydrogen-bond donors (Lipinski definition) is 1.